The van der Waals surface area contributed by atoms with Crippen molar-refractivity contribution in [1.29, 1.82) is 0 Å². The maximum atomic E-state index is 10.1. The molecule has 1 aliphatic heterocycles. The van der Waals surface area contributed by atoms with Gasteiger partial charge in [-0.1, -0.05) is 17.7 Å². The molecule has 0 saturated carbocycles. The molecule has 0 amide bonds. The van der Waals surface area contributed by atoms with E-state index in [1.165, 1.54) is 24.2 Å². The fourth-order valence-electron chi connectivity index (χ4n) is 2.62. The van der Waals surface area contributed by atoms with Crippen molar-refractivity contribution < 1.29 is 5.11 Å². The molecule has 1 fully saturated rings. The number of pyridine rings is 1. The lowest BCUT2D eigenvalue weighted by atomic mass is 10.2. The normalized spacial score (nSPS) is 16.2. The monoisotopic (exact) mass is 337 g/mol. The average Bonchev–Trinajstić information content (AvgIpc) is 3.19. The first-order valence-corrected chi connectivity index (χ1v) is 8.76. The van der Waals surface area contributed by atoms with Crippen molar-refractivity contribution >= 4 is 28.8 Å². The first kappa shape index (κ1) is 15.7. The van der Waals surface area contributed by atoms with Gasteiger partial charge >= 0.3 is 0 Å². The van der Waals surface area contributed by atoms with Crippen LogP contribution in [-0.4, -0.2) is 29.7 Å². The molecule has 0 radical (unpaired) electrons. The summed E-state index contributed by atoms with van der Waals surface area (Å²) >= 11 is 7.29. The molecule has 0 spiro atoms. The van der Waals surface area contributed by atoms with Crippen LogP contribution in [-0.2, 0) is 6.54 Å². The fourth-order valence-corrected chi connectivity index (χ4v) is 3.66. The van der Waals surface area contributed by atoms with Crippen LogP contribution in [0.4, 0.5) is 5.82 Å². The van der Waals surface area contributed by atoms with E-state index in [-0.39, 0.29) is 0 Å². The molecule has 1 aliphatic rings. The third-order valence-corrected chi connectivity index (χ3v) is 5.16. The van der Waals surface area contributed by atoms with Crippen molar-refractivity contribution in [2.75, 3.05) is 24.5 Å². The first-order valence-electron chi connectivity index (χ1n) is 7.56. The quantitative estimate of drug-likeness (QED) is 0.849. The van der Waals surface area contributed by atoms with Gasteiger partial charge in [-0.25, -0.2) is 4.98 Å². The summed E-state index contributed by atoms with van der Waals surface area (Å²) in [6.07, 6.45) is 3.91. The molecule has 6 heteroatoms. The van der Waals surface area contributed by atoms with Gasteiger partial charge in [0.05, 0.1) is 4.34 Å². The summed E-state index contributed by atoms with van der Waals surface area (Å²) in [5.41, 5.74) is 1.12. The summed E-state index contributed by atoms with van der Waals surface area (Å²) in [5.74, 6) is 1.06. The van der Waals surface area contributed by atoms with E-state index in [0.29, 0.717) is 17.4 Å². The van der Waals surface area contributed by atoms with E-state index < -0.39 is 6.10 Å². The van der Waals surface area contributed by atoms with E-state index in [4.69, 9.17) is 11.6 Å². The summed E-state index contributed by atoms with van der Waals surface area (Å²) < 4.78 is 0.704. The molecular weight excluding hydrogens is 318 g/mol. The van der Waals surface area contributed by atoms with Crippen molar-refractivity contribution in [3.05, 3.63) is 45.2 Å². The highest BCUT2D eigenvalue weighted by molar-refractivity contribution is 7.16. The Morgan fingerprint density at radius 3 is 2.73 bits per heavy atom. The summed E-state index contributed by atoms with van der Waals surface area (Å²) in [4.78, 5) is 7.74. The maximum absolute atomic E-state index is 10.1. The number of nitrogens with zero attached hydrogens (tertiary/aromatic N) is 2. The molecule has 3 heterocycles. The number of aromatic nitrogens is 1. The minimum absolute atomic E-state index is 0.505. The Balaban J connectivity index is 1.47. The van der Waals surface area contributed by atoms with Gasteiger partial charge in [0.25, 0.3) is 0 Å². The fraction of sp³-hybridized carbons (Fsp3) is 0.438. The number of rotatable bonds is 6. The van der Waals surface area contributed by atoms with Gasteiger partial charge < -0.3 is 15.3 Å². The number of halogens is 1. The molecule has 3 rings (SSSR count). The number of nitrogens with one attached hydrogen (secondary N) is 1. The molecule has 1 atom stereocenters. The van der Waals surface area contributed by atoms with Gasteiger partial charge in [0, 0.05) is 37.3 Å². The Kier molecular flexibility index (Phi) is 5.31. The zero-order valence-electron chi connectivity index (χ0n) is 12.3. The van der Waals surface area contributed by atoms with Crippen LogP contribution >= 0.6 is 22.9 Å². The Morgan fingerprint density at radius 2 is 2.09 bits per heavy atom. The summed E-state index contributed by atoms with van der Waals surface area (Å²) in [6, 6.07) is 7.86. The number of aliphatic hydroxyl groups excluding tert-OH is 1. The average molecular weight is 338 g/mol. The molecule has 4 nitrogen and oxygen atoms in total. The molecule has 22 heavy (non-hydrogen) atoms. The lowest BCUT2D eigenvalue weighted by Crippen LogP contribution is -2.21. The molecule has 0 bridgehead atoms. The van der Waals surface area contributed by atoms with E-state index >= 15 is 0 Å². The lowest BCUT2D eigenvalue weighted by Gasteiger charge is -2.16. The maximum Gasteiger partial charge on any atom is 0.128 e. The Labute approximate surface area is 139 Å². The Hall–Kier alpha value is -1.14. The van der Waals surface area contributed by atoms with Crippen LogP contribution in [0.3, 0.4) is 0 Å². The van der Waals surface area contributed by atoms with Crippen LogP contribution in [0.2, 0.25) is 4.34 Å². The molecule has 1 saturated heterocycles. The van der Waals surface area contributed by atoms with Crippen LogP contribution in [0, 0.1) is 0 Å². The SMILES string of the molecule is OC(CNCc1ccc(N2CCCC2)nc1)c1ccc(Cl)s1. The van der Waals surface area contributed by atoms with Crippen LogP contribution in [0.5, 0.6) is 0 Å². The topological polar surface area (TPSA) is 48.4 Å². The number of anilines is 1. The first-order chi connectivity index (χ1) is 10.7. The number of aliphatic hydroxyl groups is 1. The molecule has 0 aromatic carbocycles. The van der Waals surface area contributed by atoms with Gasteiger partial charge in [-0.05, 0) is 36.6 Å². The van der Waals surface area contributed by atoms with E-state index in [9.17, 15) is 5.11 Å². The van der Waals surface area contributed by atoms with Crippen molar-refractivity contribution in [2.45, 2.75) is 25.5 Å². The molecule has 118 valence electrons. The van der Waals surface area contributed by atoms with Gasteiger partial charge in [-0.15, -0.1) is 11.3 Å². The number of hydrogen-bond acceptors (Lipinski definition) is 5. The van der Waals surface area contributed by atoms with Gasteiger partial charge in [0.2, 0.25) is 0 Å². The molecule has 2 aromatic heterocycles. The molecule has 1 unspecified atom stereocenters. The van der Waals surface area contributed by atoms with Gasteiger partial charge in [-0.3, -0.25) is 0 Å². The summed E-state index contributed by atoms with van der Waals surface area (Å²) in [7, 11) is 0. The molecule has 0 aliphatic carbocycles. The lowest BCUT2D eigenvalue weighted by molar-refractivity contribution is 0.178. The molecular formula is C16H20ClN3OS. The van der Waals surface area contributed by atoms with Gasteiger partial charge in [0.1, 0.15) is 11.9 Å². The van der Waals surface area contributed by atoms with E-state index in [1.54, 1.807) is 0 Å². The highest BCUT2D eigenvalue weighted by Gasteiger charge is 2.13. The van der Waals surface area contributed by atoms with E-state index in [0.717, 1.165) is 29.3 Å². The number of thiophene rings is 1. The predicted molar refractivity (Wildman–Crippen MR) is 91.7 cm³/mol. The van der Waals surface area contributed by atoms with Gasteiger partial charge in [-0.2, -0.15) is 0 Å². The van der Waals surface area contributed by atoms with Crippen molar-refractivity contribution in [3.8, 4) is 0 Å². The van der Waals surface area contributed by atoms with Crippen LogP contribution < -0.4 is 10.2 Å². The third-order valence-electron chi connectivity index (χ3n) is 3.83. The van der Waals surface area contributed by atoms with Crippen LogP contribution in [0.25, 0.3) is 0 Å². The molecule has 2 N–H and O–H groups in total. The van der Waals surface area contributed by atoms with Crippen molar-refractivity contribution in [2.24, 2.45) is 0 Å². The molecule has 2 aromatic rings. The van der Waals surface area contributed by atoms with E-state index in [2.05, 4.69) is 27.3 Å². The largest absolute Gasteiger partial charge is 0.386 e. The van der Waals surface area contributed by atoms with E-state index in [1.807, 2.05) is 18.3 Å². The van der Waals surface area contributed by atoms with Crippen LogP contribution in [0.1, 0.15) is 29.4 Å². The van der Waals surface area contributed by atoms with Crippen LogP contribution in [0.15, 0.2) is 30.5 Å². The Bertz CT molecular complexity index is 596. The third kappa shape index (κ3) is 3.98. The highest BCUT2D eigenvalue weighted by Crippen LogP contribution is 2.26. The summed E-state index contributed by atoms with van der Waals surface area (Å²) in [5, 5.41) is 13.3. The van der Waals surface area contributed by atoms with Gasteiger partial charge in [0.15, 0.2) is 0 Å². The Morgan fingerprint density at radius 1 is 1.27 bits per heavy atom. The highest BCUT2D eigenvalue weighted by atomic mass is 35.5. The zero-order valence-corrected chi connectivity index (χ0v) is 13.9. The summed E-state index contributed by atoms with van der Waals surface area (Å²) in [6.45, 7) is 3.43. The second-order valence-corrected chi connectivity index (χ2v) is 7.25. The second kappa shape index (κ2) is 7.42. The van der Waals surface area contributed by atoms with Crippen molar-refractivity contribution in [1.82, 2.24) is 10.3 Å². The zero-order chi connectivity index (χ0) is 15.4. The minimum Gasteiger partial charge on any atom is -0.386 e. The van der Waals surface area contributed by atoms with Crippen molar-refractivity contribution in [3.63, 3.8) is 0 Å². The smallest absolute Gasteiger partial charge is 0.128 e. The second-order valence-electron chi connectivity index (χ2n) is 5.51. The number of hydrogen-bond donors (Lipinski definition) is 2. The standard InChI is InChI=1S/C16H20ClN3OS/c17-15-5-4-14(22-15)13(21)11-18-9-12-3-6-16(19-10-12)20-7-1-2-8-20/h3-6,10,13,18,21H,1-2,7-9,11H2. The predicted octanol–water partition coefficient (Wildman–Crippen LogP) is 3.22. The minimum atomic E-state index is -0.519.